The first-order chi connectivity index (χ1) is 8.22. The number of hydrogen-bond donors (Lipinski definition) is 2. The van der Waals surface area contributed by atoms with Gasteiger partial charge >= 0.3 is 0 Å². The fourth-order valence-corrected chi connectivity index (χ4v) is 1.69. The Morgan fingerprint density at radius 1 is 1.29 bits per heavy atom. The van der Waals surface area contributed by atoms with Gasteiger partial charge in [0.15, 0.2) is 0 Å². The van der Waals surface area contributed by atoms with Crippen LogP contribution in [0.2, 0.25) is 0 Å². The minimum absolute atomic E-state index is 0.190. The van der Waals surface area contributed by atoms with Crippen LogP contribution >= 0.6 is 0 Å². The van der Waals surface area contributed by atoms with E-state index in [0.717, 1.165) is 5.56 Å². The molecular weight excluding hydrogens is 219 g/mol. The van der Waals surface area contributed by atoms with Gasteiger partial charge in [-0.05, 0) is 25.2 Å². The van der Waals surface area contributed by atoms with Gasteiger partial charge in [-0.3, -0.25) is 4.98 Å². The first-order valence-electron chi connectivity index (χ1n) is 5.21. The summed E-state index contributed by atoms with van der Waals surface area (Å²) in [6.45, 7) is 0. The van der Waals surface area contributed by atoms with Crippen LogP contribution in [-0.4, -0.2) is 17.0 Å². The number of nitrogens with zero attached hydrogens (tertiary/aromatic N) is 2. The van der Waals surface area contributed by atoms with Crippen LogP contribution in [0.1, 0.15) is 17.3 Å². The molecule has 0 spiro atoms. The van der Waals surface area contributed by atoms with Crippen molar-refractivity contribution < 1.29 is 4.39 Å². The van der Waals surface area contributed by atoms with Crippen molar-refractivity contribution in [1.82, 2.24) is 15.3 Å². The summed E-state index contributed by atoms with van der Waals surface area (Å²) < 4.78 is 12.8. The molecule has 0 saturated heterocycles. The lowest BCUT2D eigenvalue weighted by Gasteiger charge is -2.17. The molecule has 4 nitrogen and oxygen atoms in total. The fourth-order valence-electron chi connectivity index (χ4n) is 1.69. The molecule has 0 fully saturated rings. The number of aromatic nitrogens is 2. The van der Waals surface area contributed by atoms with Gasteiger partial charge in [0, 0.05) is 11.8 Å². The lowest BCUT2D eigenvalue weighted by Crippen LogP contribution is -2.20. The van der Waals surface area contributed by atoms with Crippen molar-refractivity contribution in [2.45, 2.75) is 6.04 Å². The Hall–Kier alpha value is -2.01. The zero-order chi connectivity index (χ0) is 12.3. The second-order valence-corrected chi connectivity index (χ2v) is 3.60. The number of hydrogen-bond acceptors (Lipinski definition) is 4. The Kier molecular flexibility index (Phi) is 3.30. The molecule has 2 aromatic heterocycles. The molecule has 1 unspecified atom stereocenters. The number of halogens is 1. The molecule has 0 aliphatic carbocycles. The number of nitrogens with two attached hydrogens (primary N) is 1. The van der Waals surface area contributed by atoms with Gasteiger partial charge in [-0.2, -0.15) is 0 Å². The molecule has 3 N–H and O–H groups in total. The maximum atomic E-state index is 12.8. The lowest BCUT2D eigenvalue weighted by molar-refractivity contribution is 0.610. The topological polar surface area (TPSA) is 63.8 Å². The summed E-state index contributed by atoms with van der Waals surface area (Å²) in [5.74, 6) is 0.0840. The fraction of sp³-hybridized carbons (Fsp3) is 0.167. The molecule has 0 aliphatic heterocycles. The van der Waals surface area contributed by atoms with Gasteiger partial charge in [0.1, 0.15) is 11.6 Å². The summed E-state index contributed by atoms with van der Waals surface area (Å²) in [5.41, 5.74) is 7.34. The quantitative estimate of drug-likeness (QED) is 0.842. The molecule has 0 aromatic carbocycles. The number of pyridine rings is 2. The van der Waals surface area contributed by atoms with Crippen LogP contribution in [0.3, 0.4) is 0 Å². The summed E-state index contributed by atoms with van der Waals surface area (Å²) in [4.78, 5) is 8.07. The van der Waals surface area contributed by atoms with Crippen LogP contribution < -0.4 is 11.1 Å². The van der Waals surface area contributed by atoms with E-state index in [2.05, 4.69) is 15.3 Å². The van der Waals surface area contributed by atoms with E-state index in [-0.39, 0.29) is 11.9 Å². The van der Waals surface area contributed by atoms with Crippen molar-refractivity contribution in [2.24, 2.45) is 0 Å². The van der Waals surface area contributed by atoms with Crippen molar-refractivity contribution in [3.63, 3.8) is 0 Å². The normalized spacial score (nSPS) is 12.4. The Balaban J connectivity index is 2.40. The molecule has 0 radical (unpaired) electrons. The summed E-state index contributed by atoms with van der Waals surface area (Å²) in [7, 11) is 1.79. The number of rotatable bonds is 3. The smallest absolute Gasteiger partial charge is 0.141 e. The SMILES string of the molecule is CNC(c1ccc(F)cn1)c1cccnc1N. The molecule has 2 aromatic rings. The van der Waals surface area contributed by atoms with E-state index < -0.39 is 0 Å². The van der Waals surface area contributed by atoms with E-state index in [1.54, 1.807) is 25.4 Å². The second-order valence-electron chi connectivity index (χ2n) is 3.60. The Bertz CT molecular complexity index is 498. The first-order valence-corrected chi connectivity index (χ1v) is 5.21. The minimum atomic E-state index is -0.359. The van der Waals surface area contributed by atoms with Gasteiger partial charge in [-0.1, -0.05) is 6.07 Å². The molecule has 5 heteroatoms. The summed E-state index contributed by atoms with van der Waals surface area (Å²) >= 11 is 0. The molecule has 0 aliphatic rings. The van der Waals surface area contributed by atoms with Crippen LogP contribution in [0.25, 0.3) is 0 Å². The van der Waals surface area contributed by atoms with Crippen LogP contribution in [0, 0.1) is 5.82 Å². The molecule has 0 saturated carbocycles. The third-order valence-corrected chi connectivity index (χ3v) is 2.52. The molecule has 1 atom stereocenters. The molecule has 2 rings (SSSR count). The van der Waals surface area contributed by atoms with Crippen molar-refractivity contribution >= 4 is 5.82 Å². The highest BCUT2D eigenvalue weighted by Crippen LogP contribution is 2.23. The van der Waals surface area contributed by atoms with Gasteiger partial charge in [-0.25, -0.2) is 9.37 Å². The van der Waals surface area contributed by atoms with Crippen LogP contribution in [0.15, 0.2) is 36.7 Å². The predicted molar refractivity (Wildman–Crippen MR) is 63.7 cm³/mol. The number of nitrogens with one attached hydrogen (secondary N) is 1. The van der Waals surface area contributed by atoms with Gasteiger partial charge < -0.3 is 11.1 Å². The maximum absolute atomic E-state index is 12.8. The molecule has 2 heterocycles. The molecule has 88 valence electrons. The second kappa shape index (κ2) is 4.88. The van der Waals surface area contributed by atoms with E-state index in [1.807, 2.05) is 6.07 Å². The van der Waals surface area contributed by atoms with E-state index in [1.165, 1.54) is 12.3 Å². The maximum Gasteiger partial charge on any atom is 0.141 e. The Labute approximate surface area is 98.7 Å². The first kappa shape index (κ1) is 11.5. The minimum Gasteiger partial charge on any atom is -0.383 e. The standard InChI is InChI=1S/C12H13FN4/c1-15-11(9-3-2-6-16-12(9)14)10-5-4-8(13)7-17-10/h2-7,11,15H,1H3,(H2,14,16). The summed E-state index contributed by atoms with van der Waals surface area (Å²) in [5, 5.41) is 3.09. The average Bonchev–Trinajstić information content (AvgIpc) is 2.35. The third kappa shape index (κ3) is 2.39. The Morgan fingerprint density at radius 2 is 2.12 bits per heavy atom. The van der Waals surface area contributed by atoms with Crippen molar-refractivity contribution in [1.29, 1.82) is 0 Å². The van der Waals surface area contributed by atoms with Crippen LogP contribution in [-0.2, 0) is 0 Å². The van der Waals surface area contributed by atoms with Gasteiger partial charge in [0.2, 0.25) is 0 Å². The highest BCUT2D eigenvalue weighted by atomic mass is 19.1. The zero-order valence-corrected chi connectivity index (χ0v) is 9.39. The van der Waals surface area contributed by atoms with Crippen molar-refractivity contribution in [3.8, 4) is 0 Å². The Morgan fingerprint density at radius 3 is 2.71 bits per heavy atom. The number of anilines is 1. The van der Waals surface area contributed by atoms with Gasteiger partial charge in [-0.15, -0.1) is 0 Å². The highest BCUT2D eigenvalue weighted by Gasteiger charge is 2.16. The lowest BCUT2D eigenvalue weighted by atomic mass is 10.0. The average molecular weight is 232 g/mol. The zero-order valence-electron chi connectivity index (χ0n) is 9.39. The van der Waals surface area contributed by atoms with E-state index in [4.69, 9.17) is 5.73 Å². The summed E-state index contributed by atoms with van der Waals surface area (Å²) in [6, 6.07) is 6.49. The van der Waals surface area contributed by atoms with E-state index in [0.29, 0.717) is 11.5 Å². The van der Waals surface area contributed by atoms with E-state index in [9.17, 15) is 4.39 Å². The highest BCUT2D eigenvalue weighted by molar-refractivity contribution is 5.44. The van der Waals surface area contributed by atoms with Crippen molar-refractivity contribution in [3.05, 3.63) is 53.7 Å². The largest absolute Gasteiger partial charge is 0.383 e. The predicted octanol–water partition coefficient (Wildman–Crippen LogP) is 1.51. The molecular formula is C12H13FN4. The molecule has 0 bridgehead atoms. The van der Waals surface area contributed by atoms with Crippen LogP contribution in [0.5, 0.6) is 0 Å². The third-order valence-electron chi connectivity index (χ3n) is 2.52. The van der Waals surface area contributed by atoms with Gasteiger partial charge in [0.05, 0.1) is 17.9 Å². The monoisotopic (exact) mass is 232 g/mol. The number of nitrogen functional groups attached to an aromatic ring is 1. The summed E-state index contributed by atoms with van der Waals surface area (Å²) in [6.07, 6.45) is 2.82. The molecule has 0 amide bonds. The van der Waals surface area contributed by atoms with E-state index >= 15 is 0 Å². The van der Waals surface area contributed by atoms with Crippen LogP contribution in [0.4, 0.5) is 10.2 Å². The van der Waals surface area contributed by atoms with Crippen molar-refractivity contribution in [2.75, 3.05) is 12.8 Å². The van der Waals surface area contributed by atoms with Gasteiger partial charge in [0.25, 0.3) is 0 Å². The molecule has 17 heavy (non-hydrogen) atoms.